The quantitative estimate of drug-likeness (QED) is 0.892. The van der Waals surface area contributed by atoms with Crippen LogP contribution < -0.4 is 5.32 Å². The van der Waals surface area contributed by atoms with E-state index in [0.29, 0.717) is 11.6 Å². The molecule has 1 N–H and O–H groups in total. The molecule has 1 aliphatic rings. The molecule has 0 unspecified atom stereocenters. The van der Waals surface area contributed by atoms with Gasteiger partial charge in [0.25, 0.3) is 0 Å². The number of nitrogens with zero attached hydrogens (tertiary/aromatic N) is 2. The van der Waals surface area contributed by atoms with Crippen molar-refractivity contribution in [2.45, 2.75) is 45.6 Å². The zero-order valence-corrected chi connectivity index (χ0v) is 12.0. The molecule has 0 saturated heterocycles. The summed E-state index contributed by atoms with van der Waals surface area (Å²) >= 11 is 0. The van der Waals surface area contributed by atoms with Crippen LogP contribution >= 0.6 is 0 Å². The molecular formula is C16H20FN3. The number of benzene rings is 1. The molecule has 1 heterocycles. The van der Waals surface area contributed by atoms with Crippen LogP contribution in [0.5, 0.6) is 0 Å². The number of imidazole rings is 1. The number of nitrogens with one attached hydrogen (secondary N) is 1. The molecule has 3 nitrogen and oxygen atoms in total. The maximum absolute atomic E-state index is 13.6. The average molecular weight is 273 g/mol. The van der Waals surface area contributed by atoms with Crippen molar-refractivity contribution in [3.05, 3.63) is 41.5 Å². The molecule has 0 radical (unpaired) electrons. The molecule has 1 aliphatic carbocycles. The van der Waals surface area contributed by atoms with Crippen molar-refractivity contribution in [2.24, 2.45) is 0 Å². The normalized spacial score (nSPS) is 15.8. The van der Waals surface area contributed by atoms with Crippen LogP contribution in [0.1, 0.15) is 43.0 Å². The highest BCUT2D eigenvalue weighted by molar-refractivity contribution is 5.55. The molecule has 3 rings (SSSR count). The summed E-state index contributed by atoms with van der Waals surface area (Å²) in [5.74, 6) is 0.628. The van der Waals surface area contributed by atoms with E-state index in [-0.39, 0.29) is 5.82 Å². The van der Waals surface area contributed by atoms with Gasteiger partial charge in [-0.2, -0.15) is 0 Å². The highest BCUT2D eigenvalue weighted by atomic mass is 19.1. The van der Waals surface area contributed by atoms with Crippen LogP contribution in [0.4, 0.5) is 16.0 Å². The Morgan fingerprint density at radius 3 is 2.70 bits per heavy atom. The van der Waals surface area contributed by atoms with E-state index in [0.717, 1.165) is 17.3 Å². The molecule has 4 heteroatoms. The molecule has 0 atom stereocenters. The molecular weight excluding hydrogens is 253 g/mol. The summed E-state index contributed by atoms with van der Waals surface area (Å²) in [6.07, 6.45) is 7.04. The van der Waals surface area contributed by atoms with Gasteiger partial charge in [0.05, 0.1) is 5.69 Å². The average Bonchev–Trinajstić information content (AvgIpc) is 3.03. The van der Waals surface area contributed by atoms with Gasteiger partial charge in [-0.15, -0.1) is 0 Å². The van der Waals surface area contributed by atoms with Crippen LogP contribution in [-0.4, -0.2) is 9.55 Å². The minimum absolute atomic E-state index is 0.189. The van der Waals surface area contributed by atoms with E-state index in [1.54, 1.807) is 13.0 Å². The van der Waals surface area contributed by atoms with Crippen molar-refractivity contribution in [1.29, 1.82) is 0 Å². The van der Waals surface area contributed by atoms with Crippen molar-refractivity contribution in [3.63, 3.8) is 0 Å². The highest BCUT2D eigenvalue weighted by Gasteiger charge is 2.20. The lowest BCUT2D eigenvalue weighted by molar-refractivity contribution is 0.524. The fraction of sp³-hybridized carbons (Fsp3) is 0.438. The first-order valence-corrected chi connectivity index (χ1v) is 7.22. The smallest absolute Gasteiger partial charge is 0.207 e. The predicted molar refractivity (Wildman–Crippen MR) is 78.9 cm³/mol. The highest BCUT2D eigenvalue weighted by Crippen LogP contribution is 2.33. The molecule has 1 saturated carbocycles. The molecule has 2 aromatic rings. The lowest BCUT2D eigenvalue weighted by Gasteiger charge is -2.15. The SMILES string of the molecule is Cc1cn(C2CCCC2)c(Nc2ccc(C)c(F)c2)n1. The second-order valence-electron chi connectivity index (χ2n) is 5.64. The standard InChI is InChI=1S/C16H20FN3/c1-11-7-8-13(9-15(11)17)19-16-18-12(2)10-20(16)14-5-3-4-6-14/h7-10,14H,3-6H2,1-2H3,(H,18,19). The van der Waals surface area contributed by atoms with Crippen molar-refractivity contribution < 1.29 is 4.39 Å². The lowest BCUT2D eigenvalue weighted by atomic mass is 10.2. The Bertz CT molecular complexity index is 612. The summed E-state index contributed by atoms with van der Waals surface area (Å²) in [5.41, 5.74) is 2.40. The van der Waals surface area contributed by atoms with Gasteiger partial charge in [0.1, 0.15) is 5.82 Å². The first-order valence-electron chi connectivity index (χ1n) is 7.22. The van der Waals surface area contributed by atoms with Crippen molar-refractivity contribution in [1.82, 2.24) is 9.55 Å². The maximum atomic E-state index is 13.6. The van der Waals surface area contributed by atoms with Gasteiger partial charge in [-0.1, -0.05) is 18.9 Å². The largest absolute Gasteiger partial charge is 0.325 e. The first kappa shape index (κ1) is 13.2. The number of hydrogen-bond donors (Lipinski definition) is 1. The van der Waals surface area contributed by atoms with Crippen LogP contribution in [0, 0.1) is 19.7 Å². The van der Waals surface area contributed by atoms with E-state index >= 15 is 0 Å². The van der Waals surface area contributed by atoms with Gasteiger partial charge in [0, 0.05) is 17.9 Å². The topological polar surface area (TPSA) is 29.9 Å². The molecule has 0 spiro atoms. The number of aryl methyl sites for hydroxylation is 2. The number of anilines is 2. The zero-order valence-electron chi connectivity index (χ0n) is 12.0. The van der Waals surface area contributed by atoms with Gasteiger partial charge in [0.2, 0.25) is 5.95 Å². The lowest BCUT2D eigenvalue weighted by Crippen LogP contribution is -2.08. The number of rotatable bonds is 3. The molecule has 0 amide bonds. The van der Waals surface area contributed by atoms with Gasteiger partial charge in [-0.3, -0.25) is 0 Å². The Kier molecular flexibility index (Phi) is 3.47. The monoisotopic (exact) mass is 273 g/mol. The summed E-state index contributed by atoms with van der Waals surface area (Å²) in [7, 11) is 0. The van der Waals surface area contributed by atoms with Crippen LogP contribution in [0.2, 0.25) is 0 Å². The van der Waals surface area contributed by atoms with Gasteiger partial charge < -0.3 is 9.88 Å². The Morgan fingerprint density at radius 2 is 2.00 bits per heavy atom. The molecule has 1 aromatic carbocycles. The third-order valence-electron chi connectivity index (χ3n) is 4.00. The van der Waals surface area contributed by atoms with Gasteiger partial charge in [0.15, 0.2) is 0 Å². The maximum Gasteiger partial charge on any atom is 0.207 e. The van der Waals surface area contributed by atoms with Crippen molar-refractivity contribution in [2.75, 3.05) is 5.32 Å². The van der Waals surface area contributed by atoms with E-state index < -0.39 is 0 Å². The van der Waals surface area contributed by atoms with Crippen LogP contribution in [0.3, 0.4) is 0 Å². The van der Waals surface area contributed by atoms with E-state index in [1.165, 1.54) is 31.7 Å². The third-order valence-corrected chi connectivity index (χ3v) is 4.00. The van der Waals surface area contributed by atoms with Crippen LogP contribution in [0.15, 0.2) is 24.4 Å². The van der Waals surface area contributed by atoms with E-state index in [9.17, 15) is 4.39 Å². The van der Waals surface area contributed by atoms with Crippen LogP contribution in [-0.2, 0) is 0 Å². The Balaban J connectivity index is 1.87. The summed E-state index contributed by atoms with van der Waals surface area (Å²) in [6.45, 7) is 3.76. The number of halogens is 1. The number of hydrogen-bond acceptors (Lipinski definition) is 2. The fourth-order valence-electron chi connectivity index (χ4n) is 2.87. The van der Waals surface area contributed by atoms with Gasteiger partial charge >= 0.3 is 0 Å². The van der Waals surface area contributed by atoms with Crippen LogP contribution in [0.25, 0.3) is 0 Å². The molecule has 1 aromatic heterocycles. The van der Waals surface area contributed by atoms with Gasteiger partial charge in [-0.05, 0) is 44.4 Å². The molecule has 1 fully saturated rings. The minimum Gasteiger partial charge on any atom is -0.325 e. The van der Waals surface area contributed by atoms with E-state index in [1.807, 2.05) is 13.0 Å². The summed E-state index contributed by atoms with van der Waals surface area (Å²) in [4.78, 5) is 4.53. The summed E-state index contributed by atoms with van der Waals surface area (Å²) < 4.78 is 15.8. The third kappa shape index (κ3) is 2.55. The summed E-state index contributed by atoms with van der Waals surface area (Å²) in [5, 5.41) is 3.25. The van der Waals surface area contributed by atoms with Gasteiger partial charge in [-0.25, -0.2) is 9.37 Å². The Labute approximate surface area is 118 Å². The first-order chi connectivity index (χ1) is 9.63. The van der Waals surface area contributed by atoms with E-state index in [4.69, 9.17) is 0 Å². The summed E-state index contributed by atoms with van der Waals surface area (Å²) in [6, 6.07) is 5.72. The number of aromatic nitrogens is 2. The second-order valence-corrected chi connectivity index (χ2v) is 5.64. The molecule has 106 valence electrons. The Morgan fingerprint density at radius 1 is 1.25 bits per heavy atom. The molecule has 0 aliphatic heterocycles. The Hall–Kier alpha value is -1.84. The fourth-order valence-corrected chi connectivity index (χ4v) is 2.87. The molecule has 20 heavy (non-hydrogen) atoms. The second kappa shape index (κ2) is 5.27. The molecule has 0 bridgehead atoms. The van der Waals surface area contributed by atoms with E-state index in [2.05, 4.69) is 21.1 Å². The predicted octanol–water partition coefficient (Wildman–Crippen LogP) is 4.50. The minimum atomic E-state index is -0.189. The van der Waals surface area contributed by atoms with Crippen molar-refractivity contribution >= 4 is 11.6 Å². The van der Waals surface area contributed by atoms with Crippen molar-refractivity contribution in [3.8, 4) is 0 Å². The zero-order chi connectivity index (χ0) is 14.1.